The van der Waals surface area contributed by atoms with Crippen LogP contribution in [0.15, 0.2) is 16.6 Å². The van der Waals surface area contributed by atoms with E-state index in [1.54, 1.807) is 6.92 Å². The summed E-state index contributed by atoms with van der Waals surface area (Å²) >= 11 is 3.15. The summed E-state index contributed by atoms with van der Waals surface area (Å²) in [7, 11) is 0. The van der Waals surface area contributed by atoms with E-state index in [4.69, 9.17) is 4.74 Å². The third-order valence-corrected chi connectivity index (χ3v) is 3.18. The van der Waals surface area contributed by atoms with Gasteiger partial charge in [0.1, 0.15) is 0 Å². The standard InChI is InChI=1S/C13H17BrN2O5/c1-4-15-13(18)8(3)21-12-10(7(2)17)5-9(14)6-11(12)16(19)20/h5-8,17H,4H2,1-3H3,(H,15,18). The molecule has 0 saturated heterocycles. The highest BCUT2D eigenvalue weighted by molar-refractivity contribution is 9.10. The number of ether oxygens (including phenoxy) is 1. The number of benzene rings is 1. The fourth-order valence-electron chi connectivity index (χ4n) is 1.72. The molecule has 0 aliphatic carbocycles. The fraction of sp³-hybridized carbons (Fsp3) is 0.462. The first-order valence-corrected chi connectivity index (χ1v) is 7.17. The van der Waals surface area contributed by atoms with Crippen LogP contribution in [0.5, 0.6) is 5.75 Å². The van der Waals surface area contributed by atoms with E-state index in [0.717, 1.165) is 0 Å². The molecule has 0 fully saturated rings. The van der Waals surface area contributed by atoms with Crippen LogP contribution in [0.2, 0.25) is 0 Å². The lowest BCUT2D eigenvalue weighted by atomic mass is 10.1. The van der Waals surface area contributed by atoms with Crippen LogP contribution in [-0.4, -0.2) is 28.6 Å². The van der Waals surface area contributed by atoms with E-state index >= 15 is 0 Å². The zero-order chi connectivity index (χ0) is 16.2. The second kappa shape index (κ2) is 7.37. The molecule has 0 heterocycles. The van der Waals surface area contributed by atoms with Crippen molar-refractivity contribution in [3.63, 3.8) is 0 Å². The van der Waals surface area contributed by atoms with Crippen LogP contribution in [0.3, 0.4) is 0 Å². The number of rotatable bonds is 6. The first-order chi connectivity index (χ1) is 9.77. The van der Waals surface area contributed by atoms with Crippen molar-refractivity contribution < 1.29 is 19.6 Å². The number of carbonyl (C=O) groups excluding carboxylic acids is 1. The molecule has 2 N–H and O–H groups in total. The van der Waals surface area contributed by atoms with Crippen LogP contribution in [0, 0.1) is 10.1 Å². The maximum atomic E-state index is 11.7. The van der Waals surface area contributed by atoms with E-state index in [1.807, 2.05) is 0 Å². The van der Waals surface area contributed by atoms with E-state index in [0.29, 0.717) is 11.0 Å². The van der Waals surface area contributed by atoms with Crippen molar-refractivity contribution in [2.24, 2.45) is 0 Å². The van der Waals surface area contributed by atoms with E-state index in [9.17, 15) is 20.0 Å². The van der Waals surface area contributed by atoms with Crippen LogP contribution >= 0.6 is 15.9 Å². The van der Waals surface area contributed by atoms with Gasteiger partial charge in [-0.25, -0.2) is 0 Å². The molecule has 0 aliphatic rings. The molecule has 0 spiro atoms. The smallest absolute Gasteiger partial charge is 0.312 e. The summed E-state index contributed by atoms with van der Waals surface area (Å²) in [5, 5.41) is 23.5. The Bertz CT molecular complexity index is 548. The van der Waals surface area contributed by atoms with Gasteiger partial charge in [-0.1, -0.05) is 15.9 Å². The zero-order valence-electron chi connectivity index (χ0n) is 11.9. The van der Waals surface area contributed by atoms with Crippen molar-refractivity contribution in [2.75, 3.05) is 6.54 Å². The number of aliphatic hydroxyl groups excluding tert-OH is 1. The molecule has 0 saturated carbocycles. The van der Waals surface area contributed by atoms with Gasteiger partial charge in [0.25, 0.3) is 5.91 Å². The molecule has 0 aromatic heterocycles. The number of amides is 1. The Balaban J connectivity index is 3.25. The van der Waals surface area contributed by atoms with Crippen molar-refractivity contribution in [3.05, 3.63) is 32.3 Å². The number of aliphatic hydroxyl groups is 1. The third kappa shape index (κ3) is 4.40. The molecule has 2 atom stereocenters. The highest BCUT2D eigenvalue weighted by atomic mass is 79.9. The van der Waals surface area contributed by atoms with Gasteiger partial charge in [0.05, 0.1) is 11.0 Å². The Morgan fingerprint density at radius 2 is 2.14 bits per heavy atom. The van der Waals surface area contributed by atoms with Gasteiger partial charge in [-0.15, -0.1) is 0 Å². The number of nitro benzene ring substituents is 1. The number of nitro groups is 1. The van der Waals surface area contributed by atoms with Crippen molar-refractivity contribution >= 4 is 27.5 Å². The summed E-state index contributed by atoms with van der Waals surface area (Å²) in [5.41, 5.74) is -0.0661. The molecule has 116 valence electrons. The van der Waals surface area contributed by atoms with Gasteiger partial charge in [0.2, 0.25) is 5.75 Å². The number of hydrogen-bond donors (Lipinski definition) is 2. The molecule has 7 nitrogen and oxygen atoms in total. The fourth-order valence-corrected chi connectivity index (χ4v) is 2.19. The highest BCUT2D eigenvalue weighted by Gasteiger charge is 2.26. The lowest BCUT2D eigenvalue weighted by Gasteiger charge is -2.18. The van der Waals surface area contributed by atoms with E-state index in [-0.39, 0.29) is 22.9 Å². The number of halogens is 1. The van der Waals surface area contributed by atoms with E-state index in [1.165, 1.54) is 26.0 Å². The Kier molecular flexibility index (Phi) is 6.10. The largest absolute Gasteiger partial charge is 0.473 e. The normalized spacial score (nSPS) is 13.4. The Morgan fingerprint density at radius 3 is 2.62 bits per heavy atom. The molecule has 1 rings (SSSR count). The van der Waals surface area contributed by atoms with Gasteiger partial charge in [-0.05, 0) is 26.8 Å². The summed E-state index contributed by atoms with van der Waals surface area (Å²) in [6.45, 7) is 5.14. The third-order valence-electron chi connectivity index (χ3n) is 2.72. The topological polar surface area (TPSA) is 102 Å². The number of nitrogens with one attached hydrogen (secondary N) is 1. The second-order valence-electron chi connectivity index (χ2n) is 4.43. The summed E-state index contributed by atoms with van der Waals surface area (Å²) in [5.74, 6) is -0.483. The molecular formula is C13H17BrN2O5. The summed E-state index contributed by atoms with van der Waals surface area (Å²) < 4.78 is 5.88. The first kappa shape index (κ1) is 17.4. The van der Waals surface area contributed by atoms with Crippen molar-refractivity contribution in [3.8, 4) is 5.75 Å². The SMILES string of the molecule is CCNC(=O)C(C)Oc1c(C(C)O)cc(Br)cc1[N+](=O)[O-]. The minimum absolute atomic E-state index is 0.100. The summed E-state index contributed by atoms with van der Waals surface area (Å²) in [4.78, 5) is 22.2. The minimum atomic E-state index is -0.974. The van der Waals surface area contributed by atoms with Crippen LogP contribution in [0.4, 0.5) is 5.69 Å². The van der Waals surface area contributed by atoms with Gasteiger partial charge in [0.15, 0.2) is 6.10 Å². The Hall–Kier alpha value is -1.67. The molecule has 0 aliphatic heterocycles. The number of hydrogen-bond acceptors (Lipinski definition) is 5. The van der Waals surface area contributed by atoms with Gasteiger partial charge < -0.3 is 15.2 Å². The quantitative estimate of drug-likeness (QED) is 0.598. The molecule has 1 aromatic carbocycles. The minimum Gasteiger partial charge on any atom is -0.473 e. The maximum Gasteiger partial charge on any atom is 0.312 e. The van der Waals surface area contributed by atoms with Gasteiger partial charge in [-0.2, -0.15) is 0 Å². The summed E-state index contributed by atoms with van der Waals surface area (Å²) in [6, 6.07) is 2.79. The molecule has 21 heavy (non-hydrogen) atoms. The molecule has 1 aromatic rings. The second-order valence-corrected chi connectivity index (χ2v) is 5.35. The first-order valence-electron chi connectivity index (χ1n) is 6.38. The molecule has 0 bridgehead atoms. The summed E-state index contributed by atoms with van der Waals surface area (Å²) in [6.07, 6.45) is -1.89. The highest BCUT2D eigenvalue weighted by Crippen LogP contribution is 2.38. The lowest BCUT2D eigenvalue weighted by Crippen LogP contribution is -2.36. The molecule has 2 unspecified atom stereocenters. The van der Waals surface area contributed by atoms with E-state index < -0.39 is 17.1 Å². The van der Waals surface area contributed by atoms with Crippen molar-refractivity contribution in [2.45, 2.75) is 33.0 Å². The predicted octanol–water partition coefficient (Wildman–Crippen LogP) is 2.31. The number of likely N-dealkylation sites (N-methyl/N-ethyl adjacent to an activating group) is 1. The van der Waals surface area contributed by atoms with Crippen LogP contribution in [0.1, 0.15) is 32.4 Å². The monoisotopic (exact) mass is 360 g/mol. The average molecular weight is 361 g/mol. The van der Waals surface area contributed by atoms with E-state index in [2.05, 4.69) is 21.2 Å². The van der Waals surface area contributed by atoms with Crippen molar-refractivity contribution in [1.29, 1.82) is 0 Å². The number of nitrogens with zero attached hydrogens (tertiary/aromatic N) is 1. The molecule has 1 amide bonds. The lowest BCUT2D eigenvalue weighted by molar-refractivity contribution is -0.386. The average Bonchev–Trinajstić information content (AvgIpc) is 2.39. The van der Waals surface area contributed by atoms with Crippen molar-refractivity contribution in [1.82, 2.24) is 5.32 Å². The van der Waals surface area contributed by atoms with Crippen LogP contribution in [-0.2, 0) is 4.79 Å². The molecule has 8 heteroatoms. The predicted molar refractivity (Wildman–Crippen MR) is 80.2 cm³/mol. The Morgan fingerprint density at radius 1 is 1.52 bits per heavy atom. The Labute approximate surface area is 130 Å². The van der Waals surface area contributed by atoms with Gasteiger partial charge in [-0.3, -0.25) is 14.9 Å². The maximum absolute atomic E-state index is 11.7. The van der Waals surface area contributed by atoms with Gasteiger partial charge in [0, 0.05) is 22.6 Å². The van der Waals surface area contributed by atoms with Gasteiger partial charge >= 0.3 is 5.69 Å². The number of carbonyl (C=O) groups is 1. The molecular weight excluding hydrogens is 344 g/mol. The molecule has 0 radical (unpaired) electrons. The zero-order valence-corrected chi connectivity index (χ0v) is 13.5. The van der Waals surface area contributed by atoms with Crippen LogP contribution < -0.4 is 10.1 Å². The van der Waals surface area contributed by atoms with Crippen LogP contribution in [0.25, 0.3) is 0 Å².